The molecule has 6 heteroatoms. The summed E-state index contributed by atoms with van der Waals surface area (Å²) in [5.41, 5.74) is 2.45. The van der Waals surface area contributed by atoms with E-state index in [1.54, 1.807) is 18.2 Å². The zero-order valence-electron chi connectivity index (χ0n) is 20.2. The van der Waals surface area contributed by atoms with Crippen LogP contribution in [0, 0.1) is 11.7 Å². The Morgan fingerprint density at radius 2 is 1.69 bits per heavy atom. The lowest BCUT2D eigenvalue weighted by Crippen LogP contribution is -2.27. The summed E-state index contributed by atoms with van der Waals surface area (Å²) in [5.74, 6) is 0.325. The molecule has 1 saturated heterocycles. The molecule has 0 amide bonds. The molecule has 1 aliphatic rings. The van der Waals surface area contributed by atoms with Gasteiger partial charge in [0.2, 0.25) is 0 Å². The van der Waals surface area contributed by atoms with Gasteiger partial charge in [-0.2, -0.15) is 8.78 Å². The molecule has 0 radical (unpaired) electrons. The molecular formula is C29H33F3O3. The molecule has 0 aliphatic carbocycles. The van der Waals surface area contributed by atoms with E-state index in [4.69, 9.17) is 9.47 Å². The smallest absolute Gasteiger partial charge is 0.387 e. The number of fused-ring (bicyclic) bond motifs is 1. The average Bonchev–Trinajstić information content (AvgIpc) is 2.87. The van der Waals surface area contributed by atoms with Gasteiger partial charge in [0.05, 0.1) is 13.2 Å². The van der Waals surface area contributed by atoms with E-state index >= 15 is 4.39 Å². The summed E-state index contributed by atoms with van der Waals surface area (Å²) in [6.07, 6.45) is 6.81. The first-order valence-corrected chi connectivity index (χ1v) is 12.5. The van der Waals surface area contributed by atoms with Crippen molar-refractivity contribution in [2.75, 3.05) is 13.2 Å². The van der Waals surface area contributed by atoms with E-state index in [2.05, 4.69) is 11.7 Å². The first kappa shape index (κ1) is 25.5. The number of rotatable bonds is 11. The molecule has 0 spiro atoms. The third kappa shape index (κ3) is 6.98. The largest absolute Gasteiger partial charge is 0.435 e. The molecule has 3 nitrogen and oxygen atoms in total. The number of hydrogen-bond acceptors (Lipinski definition) is 3. The van der Waals surface area contributed by atoms with E-state index in [0.717, 1.165) is 22.9 Å². The third-order valence-electron chi connectivity index (χ3n) is 6.59. The van der Waals surface area contributed by atoms with Gasteiger partial charge < -0.3 is 14.2 Å². The SMILES string of the molecule is CCCCCCC1COC(c2ccc3c(F)c(CCc4ccc(OC(F)F)cc4)ccc3c2)OC1. The Labute approximate surface area is 205 Å². The molecule has 0 unspecified atom stereocenters. The standard InChI is InChI=1S/C29H33F3O3/c1-2-3-4-5-6-21-18-33-28(34-19-21)24-13-16-26-23(17-24)12-11-22(27(26)30)10-7-20-8-14-25(15-9-20)35-29(31)32/h8-9,11-17,21,28-29H,2-7,10,18-19H2,1H3. The van der Waals surface area contributed by atoms with Crippen molar-refractivity contribution in [1.29, 1.82) is 0 Å². The molecule has 3 aromatic carbocycles. The predicted octanol–water partition coefficient (Wildman–Crippen LogP) is 8.00. The molecule has 1 heterocycles. The van der Waals surface area contributed by atoms with Crippen molar-refractivity contribution in [2.45, 2.75) is 64.8 Å². The van der Waals surface area contributed by atoms with Crippen LogP contribution in [0.3, 0.4) is 0 Å². The third-order valence-corrected chi connectivity index (χ3v) is 6.59. The van der Waals surface area contributed by atoms with Crippen LogP contribution in [0.4, 0.5) is 13.2 Å². The summed E-state index contributed by atoms with van der Waals surface area (Å²) in [4.78, 5) is 0. The van der Waals surface area contributed by atoms with Crippen LogP contribution >= 0.6 is 0 Å². The van der Waals surface area contributed by atoms with E-state index in [1.165, 1.54) is 37.8 Å². The Morgan fingerprint density at radius 3 is 2.40 bits per heavy atom. The van der Waals surface area contributed by atoms with E-state index in [-0.39, 0.29) is 11.6 Å². The maximum absolute atomic E-state index is 15.2. The molecule has 35 heavy (non-hydrogen) atoms. The first-order valence-electron chi connectivity index (χ1n) is 12.5. The maximum Gasteiger partial charge on any atom is 0.387 e. The number of halogens is 3. The summed E-state index contributed by atoms with van der Waals surface area (Å²) >= 11 is 0. The highest BCUT2D eigenvalue weighted by molar-refractivity contribution is 5.84. The Balaban J connectivity index is 1.34. The van der Waals surface area contributed by atoms with Gasteiger partial charge in [-0.05, 0) is 54.0 Å². The topological polar surface area (TPSA) is 27.7 Å². The molecule has 4 rings (SSSR count). The van der Waals surface area contributed by atoms with Crippen molar-refractivity contribution in [2.24, 2.45) is 5.92 Å². The summed E-state index contributed by atoms with van der Waals surface area (Å²) < 4.78 is 56.1. The molecule has 0 saturated carbocycles. The van der Waals surface area contributed by atoms with Crippen LogP contribution in [-0.4, -0.2) is 19.8 Å². The minimum atomic E-state index is -2.85. The monoisotopic (exact) mass is 486 g/mol. The second-order valence-corrected chi connectivity index (χ2v) is 9.26. The Bertz CT molecular complexity index is 1080. The molecule has 1 fully saturated rings. The van der Waals surface area contributed by atoms with E-state index in [0.29, 0.717) is 42.9 Å². The minimum absolute atomic E-state index is 0.116. The first-order chi connectivity index (χ1) is 17.0. The van der Waals surface area contributed by atoms with Crippen molar-refractivity contribution in [3.63, 3.8) is 0 Å². The van der Waals surface area contributed by atoms with Crippen LogP contribution in [0.25, 0.3) is 10.8 Å². The summed E-state index contributed by atoms with van der Waals surface area (Å²) in [7, 11) is 0. The molecule has 0 aromatic heterocycles. The average molecular weight is 487 g/mol. The summed E-state index contributed by atoms with van der Waals surface area (Å²) in [6.45, 7) is 0.752. The molecular weight excluding hydrogens is 453 g/mol. The second-order valence-electron chi connectivity index (χ2n) is 9.26. The van der Waals surface area contributed by atoms with Crippen molar-refractivity contribution in [1.82, 2.24) is 0 Å². The van der Waals surface area contributed by atoms with Gasteiger partial charge in [-0.25, -0.2) is 4.39 Å². The minimum Gasteiger partial charge on any atom is -0.435 e. The van der Waals surface area contributed by atoms with Gasteiger partial charge in [-0.3, -0.25) is 0 Å². The van der Waals surface area contributed by atoms with E-state index < -0.39 is 12.9 Å². The molecule has 0 atom stereocenters. The van der Waals surface area contributed by atoms with Crippen molar-refractivity contribution in [3.05, 3.63) is 77.1 Å². The van der Waals surface area contributed by atoms with Gasteiger partial charge in [0.1, 0.15) is 11.6 Å². The zero-order chi connectivity index (χ0) is 24.6. The number of ether oxygens (including phenoxy) is 3. The molecule has 188 valence electrons. The second kappa shape index (κ2) is 12.4. The maximum atomic E-state index is 15.2. The van der Waals surface area contributed by atoms with Crippen LogP contribution in [0.1, 0.15) is 62.0 Å². The normalized spacial score (nSPS) is 18.3. The lowest BCUT2D eigenvalue weighted by Gasteiger charge is -2.30. The lowest BCUT2D eigenvalue weighted by atomic mass is 9.98. The molecule has 1 aliphatic heterocycles. The fourth-order valence-electron chi connectivity index (χ4n) is 4.57. The van der Waals surface area contributed by atoms with Gasteiger partial charge in [-0.1, -0.05) is 69.0 Å². The van der Waals surface area contributed by atoms with Gasteiger partial charge in [0, 0.05) is 16.9 Å². The summed E-state index contributed by atoms with van der Waals surface area (Å²) in [5, 5.41) is 1.38. The van der Waals surface area contributed by atoms with Crippen LogP contribution in [0.5, 0.6) is 5.75 Å². The van der Waals surface area contributed by atoms with Crippen LogP contribution in [0.2, 0.25) is 0 Å². The van der Waals surface area contributed by atoms with Crippen molar-refractivity contribution >= 4 is 10.8 Å². The number of aryl methyl sites for hydroxylation is 2. The number of hydrogen-bond donors (Lipinski definition) is 0. The van der Waals surface area contributed by atoms with Gasteiger partial charge >= 0.3 is 6.61 Å². The zero-order valence-corrected chi connectivity index (χ0v) is 20.2. The van der Waals surface area contributed by atoms with E-state index in [1.807, 2.05) is 24.3 Å². The van der Waals surface area contributed by atoms with Crippen LogP contribution < -0.4 is 4.74 Å². The van der Waals surface area contributed by atoms with Gasteiger partial charge in [-0.15, -0.1) is 0 Å². The predicted molar refractivity (Wildman–Crippen MR) is 131 cm³/mol. The van der Waals surface area contributed by atoms with Gasteiger partial charge in [0.25, 0.3) is 0 Å². The molecule has 3 aromatic rings. The highest BCUT2D eigenvalue weighted by Gasteiger charge is 2.23. The number of benzene rings is 3. The van der Waals surface area contributed by atoms with Crippen molar-refractivity contribution in [3.8, 4) is 5.75 Å². The highest BCUT2D eigenvalue weighted by atomic mass is 19.3. The Morgan fingerprint density at radius 1 is 0.914 bits per heavy atom. The lowest BCUT2D eigenvalue weighted by molar-refractivity contribution is -0.206. The Kier molecular flexibility index (Phi) is 9.05. The number of alkyl halides is 2. The number of unbranched alkanes of at least 4 members (excludes halogenated alkanes) is 3. The summed E-state index contributed by atoms with van der Waals surface area (Å²) in [6, 6.07) is 15.8. The fourth-order valence-corrected chi connectivity index (χ4v) is 4.57. The fraction of sp³-hybridized carbons (Fsp3) is 0.448. The molecule has 0 bridgehead atoms. The molecule has 0 N–H and O–H groups in total. The van der Waals surface area contributed by atoms with Crippen molar-refractivity contribution < 1.29 is 27.4 Å². The Hall–Kier alpha value is -2.57. The quantitative estimate of drug-likeness (QED) is 0.257. The van der Waals surface area contributed by atoms with Crippen LogP contribution in [0.15, 0.2) is 54.6 Å². The van der Waals surface area contributed by atoms with Crippen LogP contribution in [-0.2, 0) is 22.3 Å². The van der Waals surface area contributed by atoms with E-state index in [9.17, 15) is 8.78 Å². The highest BCUT2D eigenvalue weighted by Crippen LogP contribution is 2.31. The van der Waals surface area contributed by atoms with Gasteiger partial charge in [0.15, 0.2) is 6.29 Å².